The van der Waals surface area contributed by atoms with Crippen molar-refractivity contribution in [2.75, 3.05) is 4.90 Å². The molecule has 2 nitrogen and oxygen atoms in total. The van der Waals surface area contributed by atoms with Gasteiger partial charge in [0.2, 0.25) is 0 Å². The van der Waals surface area contributed by atoms with Crippen molar-refractivity contribution in [3.05, 3.63) is 211 Å². The SMILES string of the molecule is CC1(C)c2cc(-c3cccc4ccccc34)ccc2-c2ccc(N(c3cccc(-c4cccc5c4oc4ccccc45)c3)c3ccccc3-c3ccccc3)cc21. The molecule has 0 saturated heterocycles. The predicted molar refractivity (Wildman–Crippen MR) is 240 cm³/mol. The molecule has 1 aliphatic carbocycles. The molecule has 0 radical (unpaired) electrons. The van der Waals surface area contributed by atoms with E-state index in [1.165, 1.54) is 55.3 Å². The highest BCUT2D eigenvalue weighted by atomic mass is 16.3. The van der Waals surface area contributed by atoms with E-state index in [4.69, 9.17) is 4.42 Å². The van der Waals surface area contributed by atoms with Crippen LogP contribution in [0.1, 0.15) is 25.0 Å². The van der Waals surface area contributed by atoms with Crippen molar-refractivity contribution in [3.63, 3.8) is 0 Å². The average molecular weight is 730 g/mol. The van der Waals surface area contributed by atoms with Crippen LogP contribution in [-0.2, 0) is 5.41 Å². The zero-order valence-corrected chi connectivity index (χ0v) is 31.9. The fourth-order valence-corrected chi connectivity index (χ4v) is 9.25. The Hall–Kier alpha value is -7.16. The molecule has 11 rings (SSSR count). The lowest BCUT2D eigenvalue weighted by atomic mass is 9.81. The summed E-state index contributed by atoms with van der Waals surface area (Å²) < 4.78 is 6.53. The highest BCUT2D eigenvalue weighted by Gasteiger charge is 2.36. The van der Waals surface area contributed by atoms with Crippen LogP contribution in [0.25, 0.3) is 77.2 Å². The maximum Gasteiger partial charge on any atom is 0.143 e. The molecule has 0 amide bonds. The number of hydrogen-bond donors (Lipinski definition) is 0. The number of fused-ring (bicyclic) bond motifs is 7. The molecule has 0 unspecified atom stereocenters. The second-order valence-electron chi connectivity index (χ2n) is 15.7. The van der Waals surface area contributed by atoms with Crippen molar-refractivity contribution in [3.8, 4) is 44.5 Å². The third kappa shape index (κ3) is 5.33. The van der Waals surface area contributed by atoms with Gasteiger partial charge in [0.1, 0.15) is 11.2 Å². The van der Waals surface area contributed by atoms with E-state index >= 15 is 0 Å². The van der Waals surface area contributed by atoms with E-state index in [1.807, 2.05) is 6.07 Å². The highest BCUT2D eigenvalue weighted by Crippen LogP contribution is 2.52. The van der Waals surface area contributed by atoms with Crippen molar-refractivity contribution in [2.45, 2.75) is 19.3 Å². The third-order valence-electron chi connectivity index (χ3n) is 12.1. The van der Waals surface area contributed by atoms with E-state index in [2.05, 4.69) is 213 Å². The summed E-state index contributed by atoms with van der Waals surface area (Å²) in [5.41, 5.74) is 17.3. The summed E-state index contributed by atoms with van der Waals surface area (Å²) in [4.78, 5) is 2.44. The molecule has 0 saturated carbocycles. The summed E-state index contributed by atoms with van der Waals surface area (Å²) in [6.45, 7) is 4.76. The van der Waals surface area contributed by atoms with E-state index in [0.717, 1.165) is 50.1 Å². The lowest BCUT2D eigenvalue weighted by Crippen LogP contribution is -2.17. The van der Waals surface area contributed by atoms with Crippen molar-refractivity contribution >= 4 is 49.8 Å². The van der Waals surface area contributed by atoms with Crippen LogP contribution in [0.3, 0.4) is 0 Å². The van der Waals surface area contributed by atoms with Crippen LogP contribution in [0.15, 0.2) is 205 Å². The fourth-order valence-electron chi connectivity index (χ4n) is 9.25. The second kappa shape index (κ2) is 13.0. The van der Waals surface area contributed by atoms with Gasteiger partial charge in [0, 0.05) is 38.7 Å². The smallest absolute Gasteiger partial charge is 0.143 e. The maximum atomic E-state index is 6.53. The minimum absolute atomic E-state index is 0.218. The van der Waals surface area contributed by atoms with Gasteiger partial charge < -0.3 is 9.32 Å². The van der Waals surface area contributed by atoms with Crippen molar-refractivity contribution in [1.29, 1.82) is 0 Å². The molecule has 1 aliphatic rings. The first kappa shape index (κ1) is 33.2. The van der Waals surface area contributed by atoms with E-state index in [0.29, 0.717) is 0 Å². The zero-order chi connectivity index (χ0) is 38.1. The van der Waals surface area contributed by atoms with Gasteiger partial charge in [0.15, 0.2) is 0 Å². The van der Waals surface area contributed by atoms with Crippen molar-refractivity contribution < 1.29 is 4.42 Å². The van der Waals surface area contributed by atoms with Crippen LogP contribution in [0, 0.1) is 0 Å². The van der Waals surface area contributed by atoms with Gasteiger partial charge in [-0.15, -0.1) is 0 Å². The Morgan fingerprint density at radius 1 is 0.386 bits per heavy atom. The second-order valence-corrected chi connectivity index (χ2v) is 15.7. The molecular formula is C55H39NO. The average Bonchev–Trinajstić information content (AvgIpc) is 3.76. The Kier molecular flexibility index (Phi) is 7.55. The van der Waals surface area contributed by atoms with Gasteiger partial charge in [-0.2, -0.15) is 0 Å². The summed E-state index contributed by atoms with van der Waals surface area (Å²) in [6.07, 6.45) is 0. The largest absolute Gasteiger partial charge is 0.455 e. The summed E-state index contributed by atoms with van der Waals surface area (Å²) >= 11 is 0. The zero-order valence-electron chi connectivity index (χ0n) is 31.9. The van der Waals surface area contributed by atoms with Gasteiger partial charge in [-0.05, 0) is 97.7 Å². The fraction of sp³-hybridized carbons (Fsp3) is 0.0545. The third-order valence-corrected chi connectivity index (χ3v) is 12.1. The van der Waals surface area contributed by atoms with Gasteiger partial charge in [0.05, 0.1) is 5.69 Å². The molecule has 0 fully saturated rings. The van der Waals surface area contributed by atoms with Gasteiger partial charge in [-0.1, -0.05) is 172 Å². The standard InChI is InChI=1S/C55H39NO/c1-55(2)50-34-39(43-24-13-18-36-17-6-7-21-42(36)43)29-31-46(50)47-32-30-41(35-51(47)55)56(52-27-10-8-22-44(52)37-15-4-3-5-16-37)40-20-12-19-38(33-40)45-25-14-26-49-48-23-9-11-28-53(48)57-54(45)49/h3-35H,1-2H3. The molecule has 0 atom stereocenters. The normalized spacial score (nSPS) is 12.9. The quantitative estimate of drug-likeness (QED) is 0.169. The summed E-state index contributed by atoms with van der Waals surface area (Å²) in [7, 11) is 0. The summed E-state index contributed by atoms with van der Waals surface area (Å²) in [5, 5.41) is 4.80. The Balaban J connectivity index is 1.08. The minimum Gasteiger partial charge on any atom is -0.455 e. The van der Waals surface area contributed by atoms with Crippen LogP contribution in [0.5, 0.6) is 0 Å². The molecule has 10 aromatic rings. The molecule has 9 aromatic carbocycles. The van der Waals surface area contributed by atoms with Crippen LogP contribution in [-0.4, -0.2) is 0 Å². The minimum atomic E-state index is -0.218. The van der Waals surface area contributed by atoms with Crippen LogP contribution < -0.4 is 4.90 Å². The van der Waals surface area contributed by atoms with Crippen molar-refractivity contribution in [1.82, 2.24) is 0 Å². The van der Waals surface area contributed by atoms with Gasteiger partial charge in [-0.25, -0.2) is 0 Å². The molecule has 57 heavy (non-hydrogen) atoms. The first-order valence-corrected chi connectivity index (χ1v) is 19.8. The lowest BCUT2D eigenvalue weighted by molar-refractivity contribution is 0.660. The van der Waals surface area contributed by atoms with E-state index in [1.54, 1.807) is 0 Å². The number of nitrogens with zero attached hydrogens (tertiary/aromatic N) is 1. The number of hydrogen-bond acceptors (Lipinski definition) is 2. The van der Waals surface area contributed by atoms with Crippen LogP contribution >= 0.6 is 0 Å². The first-order valence-electron chi connectivity index (χ1n) is 19.8. The Bertz CT molecular complexity index is 3160. The molecule has 0 aliphatic heterocycles. The molecule has 1 aromatic heterocycles. The van der Waals surface area contributed by atoms with Crippen LogP contribution in [0.4, 0.5) is 17.1 Å². The van der Waals surface area contributed by atoms with E-state index < -0.39 is 0 Å². The maximum absolute atomic E-state index is 6.53. The summed E-state index contributed by atoms with van der Waals surface area (Å²) in [6, 6.07) is 72.6. The van der Waals surface area contributed by atoms with Crippen molar-refractivity contribution in [2.24, 2.45) is 0 Å². The summed E-state index contributed by atoms with van der Waals surface area (Å²) in [5.74, 6) is 0. The molecular weight excluding hydrogens is 691 g/mol. The Labute approximate surface area is 332 Å². The number of rotatable bonds is 6. The predicted octanol–water partition coefficient (Wildman–Crippen LogP) is 15.5. The van der Waals surface area contributed by atoms with Gasteiger partial charge >= 0.3 is 0 Å². The topological polar surface area (TPSA) is 16.4 Å². The monoisotopic (exact) mass is 729 g/mol. The van der Waals surface area contributed by atoms with Gasteiger partial charge in [-0.3, -0.25) is 0 Å². The molecule has 0 bridgehead atoms. The number of para-hydroxylation sites is 3. The van der Waals surface area contributed by atoms with E-state index in [-0.39, 0.29) is 5.41 Å². The van der Waals surface area contributed by atoms with Crippen LogP contribution in [0.2, 0.25) is 0 Å². The number of furan rings is 1. The highest BCUT2D eigenvalue weighted by molar-refractivity contribution is 6.09. The Morgan fingerprint density at radius 3 is 1.88 bits per heavy atom. The number of anilines is 3. The molecule has 0 N–H and O–H groups in total. The number of benzene rings is 9. The molecule has 0 spiro atoms. The molecule has 1 heterocycles. The van der Waals surface area contributed by atoms with Gasteiger partial charge in [0.25, 0.3) is 0 Å². The molecule has 270 valence electrons. The van der Waals surface area contributed by atoms with E-state index in [9.17, 15) is 0 Å². The first-order chi connectivity index (χ1) is 28.0. The lowest BCUT2D eigenvalue weighted by Gasteiger charge is -2.30. The Morgan fingerprint density at radius 2 is 0.982 bits per heavy atom. The molecule has 2 heteroatoms.